The summed E-state index contributed by atoms with van der Waals surface area (Å²) in [6.45, 7) is 0.516. The van der Waals surface area contributed by atoms with Crippen LogP contribution in [0.3, 0.4) is 0 Å². The average Bonchev–Trinajstić information content (AvgIpc) is 2.55. The van der Waals surface area contributed by atoms with E-state index in [9.17, 15) is 26.7 Å². The van der Waals surface area contributed by atoms with Crippen molar-refractivity contribution in [2.75, 3.05) is 24.6 Å². The quantitative estimate of drug-likeness (QED) is 0.819. The number of benzene rings is 1. The summed E-state index contributed by atoms with van der Waals surface area (Å²) in [7, 11) is -4.06. The summed E-state index contributed by atoms with van der Waals surface area (Å²) in [6.07, 6.45) is -3.98. The third kappa shape index (κ3) is 3.40. The number of halogens is 4. The number of aromatic nitrogens is 1. The van der Waals surface area contributed by atoms with Gasteiger partial charge in [-0.25, -0.2) is 8.42 Å². The van der Waals surface area contributed by atoms with Gasteiger partial charge in [0.2, 0.25) is 10.0 Å². The zero-order valence-corrected chi connectivity index (χ0v) is 14.9. The average molecular weight is 413 g/mol. The Morgan fingerprint density at radius 2 is 1.88 bits per heavy atom. The first-order valence-corrected chi connectivity index (χ1v) is 10.1. The van der Waals surface area contributed by atoms with E-state index in [0.717, 1.165) is 12.3 Å². The second kappa shape index (κ2) is 6.49. The van der Waals surface area contributed by atoms with E-state index in [4.69, 9.17) is 11.6 Å². The van der Waals surface area contributed by atoms with Crippen molar-refractivity contribution in [3.8, 4) is 5.75 Å². The number of fused-ring (bicyclic) bond motifs is 1. The van der Waals surface area contributed by atoms with Gasteiger partial charge in [0.05, 0.1) is 17.3 Å². The molecule has 2 aromatic rings. The second-order valence-corrected chi connectivity index (χ2v) is 8.90. The predicted molar refractivity (Wildman–Crippen MR) is 89.5 cm³/mol. The summed E-state index contributed by atoms with van der Waals surface area (Å²) in [6, 6.07) is 1.76. The van der Waals surface area contributed by atoms with E-state index < -0.39 is 37.9 Å². The highest BCUT2D eigenvalue weighted by molar-refractivity contribution is 7.99. The summed E-state index contributed by atoms with van der Waals surface area (Å²) in [4.78, 5) is 3.14. The number of sulfonamides is 1. The van der Waals surface area contributed by atoms with E-state index >= 15 is 0 Å². The van der Waals surface area contributed by atoms with Crippen LogP contribution in [0.25, 0.3) is 10.9 Å². The minimum atomic E-state index is -4.74. The van der Waals surface area contributed by atoms with E-state index in [1.165, 1.54) is 4.31 Å². The van der Waals surface area contributed by atoms with Crippen molar-refractivity contribution in [3.05, 3.63) is 28.9 Å². The first-order chi connectivity index (χ1) is 11.6. The minimum absolute atomic E-state index is 0.258. The van der Waals surface area contributed by atoms with Gasteiger partial charge < -0.3 is 5.11 Å². The first kappa shape index (κ1) is 18.6. The van der Waals surface area contributed by atoms with Crippen LogP contribution in [0, 0.1) is 0 Å². The van der Waals surface area contributed by atoms with Crippen molar-refractivity contribution in [2.45, 2.75) is 11.1 Å². The van der Waals surface area contributed by atoms with Crippen molar-refractivity contribution in [1.29, 1.82) is 0 Å². The van der Waals surface area contributed by atoms with Gasteiger partial charge in [-0.3, -0.25) is 4.98 Å². The molecule has 136 valence electrons. The number of thioether (sulfide) groups is 1. The van der Waals surface area contributed by atoms with Crippen molar-refractivity contribution in [1.82, 2.24) is 9.29 Å². The first-order valence-electron chi connectivity index (χ1n) is 7.08. The summed E-state index contributed by atoms with van der Waals surface area (Å²) in [5.74, 6) is 0.423. The monoisotopic (exact) mass is 412 g/mol. The molecule has 2 heterocycles. The molecule has 0 spiro atoms. The Hall–Kier alpha value is -1.23. The summed E-state index contributed by atoms with van der Waals surface area (Å²) in [5.41, 5.74) is -1.69. The van der Waals surface area contributed by atoms with E-state index in [-0.39, 0.29) is 23.5 Å². The van der Waals surface area contributed by atoms with Gasteiger partial charge in [-0.05, 0) is 12.1 Å². The minimum Gasteiger partial charge on any atom is -0.506 e. The summed E-state index contributed by atoms with van der Waals surface area (Å²) < 4.78 is 66.0. The van der Waals surface area contributed by atoms with Crippen molar-refractivity contribution < 1.29 is 26.7 Å². The van der Waals surface area contributed by atoms with Gasteiger partial charge >= 0.3 is 6.18 Å². The molecular weight excluding hydrogens is 401 g/mol. The molecule has 0 unspecified atom stereocenters. The maximum Gasteiger partial charge on any atom is 0.418 e. The lowest BCUT2D eigenvalue weighted by molar-refractivity contribution is -0.136. The molecule has 0 saturated carbocycles. The third-order valence-corrected chi connectivity index (χ3v) is 6.83. The fourth-order valence-electron chi connectivity index (χ4n) is 2.57. The molecule has 11 heteroatoms. The topological polar surface area (TPSA) is 70.5 Å². The molecule has 1 aliphatic rings. The molecule has 0 bridgehead atoms. The van der Waals surface area contributed by atoms with Crippen LogP contribution in [-0.2, 0) is 16.2 Å². The molecule has 0 atom stereocenters. The Labute approximate surface area is 150 Å². The van der Waals surface area contributed by atoms with Gasteiger partial charge in [-0.15, -0.1) is 0 Å². The van der Waals surface area contributed by atoms with E-state index in [1.54, 1.807) is 11.8 Å². The van der Waals surface area contributed by atoms with Crippen molar-refractivity contribution in [2.24, 2.45) is 0 Å². The molecule has 0 radical (unpaired) electrons. The maximum absolute atomic E-state index is 13.1. The second-order valence-electron chi connectivity index (χ2n) is 5.33. The van der Waals surface area contributed by atoms with Crippen LogP contribution in [0.5, 0.6) is 5.75 Å². The number of pyridine rings is 1. The Bertz CT molecular complexity index is 929. The molecule has 1 N–H and O–H groups in total. The van der Waals surface area contributed by atoms with E-state index in [2.05, 4.69) is 4.98 Å². The molecule has 5 nitrogen and oxygen atoms in total. The Kier molecular flexibility index (Phi) is 4.82. The Morgan fingerprint density at radius 3 is 2.48 bits per heavy atom. The van der Waals surface area contributed by atoms with Gasteiger partial charge in [-0.2, -0.15) is 29.2 Å². The molecule has 25 heavy (non-hydrogen) atoms. The molecule has 1 aromatic heterocycles. The van der Waals surface area contributed by atoms with Crippen LogP contribution in [0.4, 0.5) is 13.2 Å². The summed E-state index contributed by atoms with van der Waals surface area (Å²) >= 11 is 7.31. The largest absolute Gasteiger partial charge is 0.506 e. The molecule has 1 aromatic carbocycles. The molecular formula is C14H12ClF3N2O3S2. The standard InChI is InChI=1S/C14H12ClF3N2O3S2/c15-8-5-9-12(10(6-8)14(16,17)18)19-7-11(13(9)21)25(22,23)20-1-3-24-4-2-20/h5-7H,1-4H2,(H,19,21). The van der Waals surface area contributed by atoms with Gasteiger partial charge in [0.25, 0.3) is 0 Å². The van der Waals surface area contributed by atoms with Crippen LogP contribution in [0.1, 0.15) is 5.56 Å². The fourth-order valence-corrected chi connectivity index (χ4v) is 5.40. The molecule has 1 fully saturated rings. The molecule has 1 aliphatic heterocycles. The smallest absolute Gasteiger partial charge is 0.418 e. The van der Waals surface area contributed by atoms with Crippen LogP contribution in [0.15, 0.2) is 23.2 Å². The summed E-state index contributed by atoms with van der Waals surface area (Å²) in [5, 5.41) is 9.72. The highest BCUT2D eigenvalue weighted by Gasteiger charge is 2.36. The zero-order chi connectivity index (χ0) is 18.4. The van der Waals surface area contributed by atoms with Gasteiger partial charge in [-0.1, -0.05) is 11.6 Å². The number of rotatable bonds is 2. The normalized spacial score (nSPS) is 17.1. The lowest BCUT2D eigenvalue weighted by Gasteiger charge is -2.26. The van der Waals surface area contributed by atoms with E-state index in [1.807, 2.05) is 0 Å². The lowest BCUT2D eigenvalue weighted by atomic mass is 10.1. The molecule has 1 saturated heterocycles. The fraction of sp³-hybridized carbons (Fsp3) is 0.357. The number of hydrogen-bond acceptors (Lipinski definition) is 5. The molecule has 0 amide bonds. The Morgan fingerprint density at radius 1 is 1.24 bits per heavy atom. The van der Waals surface area contributed by atoms with Crippen molar-refractivity contribution >= 4 is 44.3 Å². The maximum atomic E-state index is 13.1. The van der Waals surface area contributed by atoms with Crippen LogP contribution in [-0.4, -0.2) is 47.4 Å². The van der Waals surface area contributed by atoms with Crippen LogP contribution >= 0.6 is 23.4 Å². The van der Waals surface area contributed by atoms with Crippen LogP contribution < -0.4 is 0 Å². The van der Waals surface area contributed by atoms with E-state index in [0.29, 0.717) is 17.6 Å². The van der Waals surface area contributed by atoms with Gasteiger partial charge in [0.1, 0.15) is 10.6 Å². The highest BCUT2D eigenvalue weighted by Crippen LogP contribution is 2.41. The van der Waals surface area contributed by atoms with Gasteiger partial charge in [0, 0.05) is 35.0 Å². The highest BCUT2D eigenvalue weighted by atomic mass is 35.5. The lowest BCUT2D eigenvalue weighted by Crippen LogP contribution is -2.37. The molecule has 0 aliphatic carbocycles. The number of alkyl halides is 3. The third-order valence-electron chi connectivity index (χ3n) is 3.77. The SMILES string of the molecule is O=S(=O)(c1cnc2c(C(F)(F)F)cc(Cl)cc2c1O)N1CCSCC1. The Balaban J connectivity index is 2.21. The number of nitrogens with zero attached hydrogens (tertiary/aromatic N) is 2. The zero-order valence-electron chi connectivity index (χ0n) is 12.5. The number of hydrogen-bond donors (Lipinski definition) is 1. The predicted octanol–water partition coefficient (Wildman–Crippen LogP) is 3.35. The van der Waals surface area contributed by atoms with Crippen molar-refractivity contribution in [3.63, 3.8) is 0 Å². The van der Waals surface area contributed by atoms with Gasteiger partial charge in [0.15, 0.2) is 0 Å². The number of aromatic hydroxyl groups is 1. The van der Waals surface area contributed by atoms with Crippen LogP contribution in [0.2, 0.25) is 5.02 Å². The molecule has 3 rings (SSSR count).